The second-order valence-electron chi connectivity index (χ2n) is 12.5. The molecule has 224 valence electrons. The third kappa shape index (κ3) is 4.31. The summed E-state index contributed by atoms with van der Waals surface area (Å²) < 4.78 is 2.65. The third-order valence-corrected chi connectivity index (χ3v) is 10.9. The number of rotatable bonds is 4. The average Bonchev–Trinajstić information content (AvgIpc) is 3.54. The lowest BCUT2D eigenvalue weighted by molar-refractivity contribution is 1.30. The summed E-state index contributed by atoms with van der Waals surface area (Å²) in [4.78, 5) is 2.41. The van der Waals surface area contributed by atoms with E-state index >= 15 is 0 Å². The molecule has 0 saturated heterocycles. The molecule has 1 nitrogen and oxygen atoms in total. The lowest BCUT2D eigenvalue weighted by Crippen LogP contribution is -2.10. The summed E-state index contributed by atoms with van der Waals surface area (Å²) in [5.74, 6) is 0. The van der Waals surface area contributed by atoms with Gasteiger partial charge < -0.3 is 4.90 Å². The van der Waals surface area contributed by atoms with Gasteiger partial charge in [0.2, 0.25) is 0 Å². The molecule has 0 atom stereocenters. The van der Waals surface area contributed by atoms with Crippen LogP contribution in [-0.2, 0) is 0 Å². The third-order valence-electron chi connectivity index (χ3n) is 9.80. The van der Waals surface area contributed by atoms with Crippen LogP contribution in [0.25, 0.3) is 74.4 Å². The van der Waals surface area contributed by atoms with E-state index in [1.165, 1.54) is 74.4 Å². The SMILES string of the molecule is c1ccc(-c2ccc(N(c3ccc4c(ccc5ccc6ccccc6c54)c3)c3ccc4ccc5sc6ccccc6c5c4c3)cc2)cc1. The summed E-state index contributed by atoms with van der Waals surface area (Å²) in [6, 6.07) is 64.5. The first-order valence-electron chi connectivity index (χ1n) is 16.4. The van der Waals surface area contributed by atoms with Crippen LogP contribution >= 0.6 is 11.3 Å². The maximum Gasteiger partial charge on any atom is 0.0468 e. The molecule has 0 aliphatic rings. The van der Waals surface area contributed by atoms with Gasteiger partial charge >= 0.3 is 0 Å². The van der Waals surface area contributed by atoms with Crippen molar-refractivity contribution in [2.45, 2.75) is 0 Å². The second kappa shape index (κ2) is 10.8. The largest absolute Gasteiger partial charge is 0.310 e. The molecule has 0 N–H and O–H groups in total. The van der Waals surface area contributed by atoms with Gasteiger partial charge in [0.25, 0.3) is 0 Å². The maximum absolute atomic E-state index is 2.41. The number of hydrogen-bond acceptors (Lipinski definition) is 2. The van der Waals surface area contributed by atoms with E-state index in [4.69, 9.17) is 0 Å². The van der Waals surface area contributed by atoms with Crippen molar-refractivity contribution in [3.8, 4) is 11.1 Å². The average molecular weight is 628 g/mol. The Morgan fingerprint density at radius 3 is 1.77 bits per heavy atom. The van der Waals surface area contributed by atoms with E-state index in [0.29, 0.717) is 0 Å². The van der Waals surface area contributed by atoms with Crippen molar-refractivity contribution in [1.82, 2.24) is 0 Å². The molecule has 2 heteroatoms. The van der Waals surface area contributed by atoms with Gasteiger partial charge in [-0.15, -0.1) is 11.3 Å². The topological polar surface area (TPSA) is 3.24 Å². The highest BCUT2D eigenvalue weighted by molar-refractivity contribution is 7.26. The van der Waals surface area contributed by atoms with Crippen LogP contribution < -0.4 is 4.90 Å². The van der Waals surface area contributed by atoms with Crippen molar-refractivity contribution in [3.63, 3.8) is 0 Å². The van der Waals surface area contributed by atoms with Crippen LogP contribution in [0.15, 0.2) is 176 Å². The summed E-state index contributed by atoms with van der Waals surface area (Å²) >= 11 is 1.87. The molecule has 0 amide bonds. The Morgan fingerprint density at radius 1 is 0.312 bits per heavy atom. The van der Waals surface area contributed by atoms with Crippen LogP contribution in [0.1, 0.15) is 0 Å². The van der Waals surface area contributed by atoms with Crippen LogP contribution in [-0.4, -0.2) is 0 Å². The molecule has 0 saturated carbocycles. The van der Waals surface area contributed by atoms with Gasteiger partial charge in [-0.3, -0.25) is 0 Å². The fourth-order valence-corrected chi connectivity index (χ4v) is 8.63. The lowest BCUT2D eigenvalue weighted by Gasteiger charge is -2.27. The van der Waals surface area contributed by atoms with Crippen LogP contribution in [0, 0.1) is 0 Å². The normalized spacial score (nSPS) is 11.8. The van der Waals surface area contributed by atoms with Gasteiger partial charge in [-0.1, -0.05) is 127 Å². The monoisotopic (exact) mass is 627 g/mol. The first-order chi connectivity index (χ1) is 23.8. The minimum absolute atomic E-state index is 1.13. The predicted octanol–water partition coefficient (Wildman–Crippen LogP) is 13.8. The number of thiophene rings is 1. The maximum atomic E-state index is 2.41. The summed E-state index contributed by atoms with van der Waals surface area (Å²) in [6.07, 6.45) is 0. The van der Waals surface area contributed by atoms with Crippen molar-refractivity contribution in [2.75, 3.05) is 4.90 Å². The van der Waals surface area contributed by atoms with Crippen molar-refractivity contribution < 1.29 is 0 Å². The summed E-state index contributed by atoms with van der Waals surface area (Å²) in [7, 11) is 0. The fourth-order valence-electron chi connectivity index (χ4n) is 7.51. The van der Waals surface area contributed by atoms with Gasteiger partial charge in [-0.05, 0) is 103 Å². The van der Waals surface area contributed by atoms with E-state index in [1.807, 2.05) is 11.3 Å². The first-order valence-corrected chi connectivity index (χ1v) is 17.2. The molecule has 1 heterocycles. The van der Waals surface area contributed by atoms with E-state index in [9.17, 15) is 0 Å². The second-order valence-corrected chi connectivity index (χ2v) is 13.6. The zero-order valence-electron chi connectivity index (χ0n) is 26.1. The van der Waals surface area contributed by atoms with Crippen LogP contribution in [0.3, 0.4) is 0 Å². The first kappa shape index (κ1) is 27.2. The number of nitrogens with zero attached hydrogens (tertiary/aromatic N) is 1. The van der Waals surface area contributed by atoms with Crippen molar-refractivity contribution in [1.29, 1.82) is 0 Å². The van der Waals surface area contributed by atoms with Crippen molar-refractivity contribution in [2.24, 2.45) is 0 Å². The standard InChI is InChI=1S/C46H29NS/c1-2-8-30(9-3-1)31-18-22-36(23-19-31)47(38-24-20-33-21-27-44-46(42(33)29-38)41-12-6-7-13-43(41)48-44)37-25-26-40-35(28-37)17-16-34-15-14-32-10-4-5-11-39(32)45(34)40/h1-29H. The van der Waals surface area contributed by atoms with Crippen molar-refractivity contribution in [3.05, 3.63) is 176 Å². The molecule has 10 rings (SSSR count). The number of hydrogen-bond donors (Lipinski definition) is 0. The molecule has 0 aliphatic carbocycles. The van der Waals surface area contributed by atoms with E-state index < -0.39 is 0 Å². The Balaban J connectivity index is 1.20. The molecule has 0 spiro atoms. The summed E-state index contributed by atoms with van der Waals surface area (Å²) in [5.41, 5.74) is 5.83. The van der Waals surface area contributed by atoms with Gasteiger partial charge in [0.05, 0.1) is 0 Å². The van der Waals surface area contributed by atoms with Crippen LogP contribution in [0.5, 0.6) is 0 Å². The molecule has 1 aromatic heterocycles. The van der Waals surface area contributed by atoms with Gasteiger partial charge in [0.15, 0.2) is 0 Å². The molecule has 0 bridgehead atoms. The van der Waals surface area contributed by atoms with Gasteiger partial charge in [0.1, 0.15) is 0 Å². The smallest absolute Gasteiger partial charge is 0.0468 e. The molecule has 0 fully saturated rings. The Labute approximate surface area is 282 Å². The zero-order valence-corrected chi connectivity index (χ0v) is 26.9. The molecule has 0 unspecified atom stereocenters. The van der Waals surface area contributed by atoms with Crippen molar-refractivity contribution >= 4 is 91.7 Å². The van der Waals surface area contributed by atoms with E-state index in [2.05, 4.69) is 181 Å². The Bertz CT molecular complexity index is 2830. The molecular weight excluding hydrogens is 599 g/mol. The number of fused-ring (bicyclic) bond motifs is 10. The van der Waals surface area contributed by atoms with Gasteiger partial charge in [-0.25, -0.2) is 0 Å². The highest BCUT2D eigenvalue weighted by atomic mass is 32.1. The predicted molar refractivity (Wildman–Crippen MR) is 209 cm³/mol. The van der Waals surface area contributed by atoms with Crippen LogP contribution in [0.4, 0.5) is 17.1 Å². The number of benzene rings is 9. The summed E-state index contributed by atoms with van der Waals surface area (Å²) in [5, 5.41) is 12.9. The fraction of sp³-hybridized carbons (Fsp3) is 0. The molecule has 0 aliphatic heterocycles. The zero-order chi connectivity index (χ0) is 31.6. The molecule has 48 heavy (non-hydrogen) atoms. The highest BCUT2D eigenvalue weighted by Gasteiger charge is 2.17. The van der Waals surface area contributed by atoms with Gasteiger partial charge in [0, 0.05) is 37.2 Å². The minimum Gasteiger partial charge on any atom is -0.310 e. The van der Waals surface area contributed by atoms with E-state index in [-0.39, 0.29) is 0 Å². The Morgan fingerprint density at radius 2 is 0.896 bits per heavy atom. The van der Waals surface area contributed by atoms with Gasteiger partial charge in [-0.2, -0.15) is 0 Å². The molecule has 0 radical (unpaired) electrons. The minimum atomic E-state index is 1.13. The summed E-state index contributed by atoms with van der Waals surface area (Å²) in [6.45, 7) is 0. The van der Waals surface area contributed by atoms with E-state index in [1.54, 1.807) is 0 Å². The lowest BCUT2D eigenvalue weighted by atomic mass is 9.96. The van der Waals surface area contributed by atoms with Crippen LogP contribution in [0.2, 0.25) is 0 Å². The highest BCUT2D eigenvalue weighted by Crippen LogP contribution is 2.43. The Hall–Kier alpha value is -5.96. The molecule has 10 aromatic rings. The molecular formula is C46H29NS. The molecule has 9 aromatic carbocycles. The van der Waals surface area contributed by atoms with E-state index in [0.717, 1.165) is 17.1 Å². The Kier molecular flexibility index (Phi) is 6.12. The quantitative estimate of drug-likeness (QED) is 0.176. The number of anilines is 3.